The molecule has 2 aliphatic rings. The Morgan fingerprint density at radius 2 is 1.57 bits per heavy atom. The number of aromatic nitrogens is 2. The first kappa shape index (κ1) is 23.7. The summed E-state index contributed by atoms with van der Waals surface area (Å²) in [6, 6.07) is 15.8. The molecule has 0 atom stereocenters. The molecule has 35 heavy (non-hydrogen) atoms. The fourth-order valence-corrected chi connectivity index (χ4v) is 5.20. The summed E-state index contributed by atoms with van der Waals surface area (Å²) in [6.07, 6.45) is 2.53. The van der Waals surface area contributed by atoms with Crippen LogP contribution in [0.4, 0.5) is 11.5 Å². The number of piperazine rings is 1. The molecule has 1 amide bonds. The van der Waals surface area contributed by atoms with Gasteiger partial charge in [-0.15, -0.1) is 0 Å². The Kier molecular flexibility index (Phi) is 7.23. The normalized spacial score (nSPS) is 17.1. The Morgan fingerprint density at radius 1 is 0.914 bits per heavy atom. The van der Waals surface area contributed by atoms with Gasteiger partial charge in [0.1, 0.15) is 0 Å². The predicted octanol–water partition coefficient (Wildman–Crippen LogP) is 4.64. The number of carbonyl (C=O) groups is 1. The largest absolute Gasteiger partial charge is 0.475 e. The lowest BCUT2D eigenvalue weighted by Gasteiger charge is -2.39. The molecule has 0 bridgehead atoms. The summed E-state index contributed by atoms with van der Waals surface area (Å²) in [6.45, 7) is 7.30. The van der Waals surface area contributed by atoms with Gasteiger partial charge in [0.05, 0.1) is 28.4 Å². The molecule has 3 aromatic rings. The van der Waals surface area contributed by atoms with Crippen LogP contribution in [0, 0.1) is 5.92 Å². The minimum absolute atomic E-state index is 0.0477. The van der Waals surface area contributed by atoms with Crippen molar-refractivity contribution in [1.29, 1.82) is 0 Å². The zero-order valence-electron chi connectivity index (χ0n) is 20.2. The number of hydrogen-bond acceptors (Lipinski definition) is 6. The van der Waals surface area contributed by atoms with Gasteiger partial charge in [0.2, 0.25) is 5.91 Å². The number of para-hydroxylation sites is 3. The molecule has 3 heterocycles. The highest BCUT2D eigenvalue weighted by molar-refractivity contribution is 6.33. The summed E-state index contributed by atoms with van der Waals surface area (Å²) in [7, 11) is 0. The van der Waals surface area contributed by atoms with Crippen molar-refractivity contribution in [2.45, 2.75) is 26.2 Å². The molecule has 0 radical (unpaired) electrons. The summed E-state index contributed by atoms with van der Waals surface area (Å²) in [4.78, 5) is 29.4. The molecule has 8 heteroatoms. The molecule has 2 saturated heterocycles. The van der Waals surface area contributed by atoms with Crippen LogP contribution in [0.15, 0.2) is 48.5 Å². The van der Waals surface area contributed by atoms with Crippen molar-refractivity contribution in [3.8, 4) is 5.88 Å². The molecule has 1 aromatic heterocycles. The van der Waals surface area contributed by atoms with Gasteiger partial charge in [-0.05, 0) is 43.5 Å². The van der Waals surface area contributed by atoms with Gasteiger partial charge in [-0.25, -0.2) is 9.97 Å². The van der Waals surface area contributed by atoms with Crippen LogP contribution in [-0.4, -0.2) is 66.7 Å². The highest BCUT2D eigenvalue weighted by atomic mass is 35.5. The number of nitrogens with zero attached hydrogens (tertiary/aromatic N) is 5. The van der Waals surface area contributed by atoms with Gasteiger partial charge in [0.25, 0.3) is 5.88 Å². The van der Waals surface area contributed by atoms with Crippen molar-refractivity contribution in [2.75, 3.05) is 55.7 Å². The monoisotopic (exact) mass is 493 g/mol. The van der Waals surface area contributed by atoms with Crippen LogP contribution in [-0.2, 0) is 4.79 Å². The SMILES string of the molecule is CCCOc1nc2ccccc2nc1N1CCC(C(=O)N2CCN(c3ccccc3Cl)CC2)CC1. The van der Waals surface area contributed by atoms with E-state index in [1.165, 1.54) is 0 Å². The molecule has 7 nitrogen and oxygen atoms in total. The molecule has 0 spiro atoms. The zero-order valence-corrected chi connectivity index (χ0v) is 21.0. The Balaban J connectivity index is 1.21. The van der Waals surface area contributed by atoms with E-state index in [0.29, 0.717) is 12.5 Å². The molecule has 184 valence electrons. The highest BCUT2D eigenvalue weighted by Crippen LogP contribution is 2.32. The average molecular weight is 494 g/mol. The number of rotatable bonds is 6. The molecular formula is C27H32ClN5O2. The lowest BCUT2D eigenvalue weighted by Crippen LogP contribution is -2.51. The van der Waals surface area contributed by atoms with Crippen LogP contribution in [0.25, 0.3) is 11.0 Å². The number of amides is 1. The van der Waals surface area contributed by atoms with Gasteiger partial charge in [-0.2, -0.15) is 0 Å². The third-order valence-corrected chi connectivity index (χ3v) is 7.21. The van der Waals surface area contributed by atoms with E-state index in [9.17, 15) is 4.79 Å². The number of carbonyl (C=O) groups excluding carboxylic acids is 1. The second-order valence-corrected chi connectivity index (χ2v) is 9.62. The molecule has 2 fully saturated rings. The molecular weight excluding hydrogens is 462 g/mol. The van der Waals surface area contributed by atoms with Gasteiger partial charge < -0.3 is 19.4 Å². The zero-order chi connectivity index (χ0) is 24.2. The number of fused-ring (bicyclic) bond motifs is 1. The molecule has 2 aliphatic heterocycles. The van der Waals surface area contributed by atoms with Gasteiger partial charge in [0.15, 0.2) is 5.82 Å². The highest BCUT2D eigenvalue weighted by Gasteiger charge is 2.32. The maximum Gasteiger partial charge on any atom is 0.258 e. The summed E-state index contributed by atoms with van der Waals surface area (Å²) in [5.74, 6) is 1.70. The van der Waals surface area contributed by atoms with Gasteiger partial charge in [-0.3, -0.25) is 4.79 Å². The molecule has 0 aliphatic carbocycles. The Morgan fingerprint density at radius 3 is 2.26 bits per heavy atom. The Bertz CT molecular complexity index is 1170. The second-order valence-electron chi connectivity index (χ2n) is 9.21. The number of hydrogen-bond donors (Lipinski definition) is 0. The van der Waals surface area contributed by atoms with Crippen molar-refractivity contribution < 1.29 is 9.53 Å². The fraction of sp³-hybridized carbons (Fsp3) is 0.444. The summed E-state index contributed by atoms with van der Waals surface area (Å²) in [5, 5.41) is 0.763. The van der Waals surface area contributed by atoms with Crippen LogP contribution >= 0.6 is 11.6 Å². The topological polar surface area (TPSA) is 61.8 Å². The quantitative estimate of drug-likeness (QED) is 0.498. The first-order valence-corrected chi connectivity index (χ1v) is 12.9. The van der Waals surface area contributed by atoms with Crippen LogP contribution in [0.2, 0.25) is 5.02 Å². The Hall–Kier alpha value is -3.06. The van der Waals surface area contributed by atoms with Crippen molar-refractivity contribution in [1.82, 2.24) is 14.9 Å². The molecule has 5 rings (SSSR count). The molecule has 0 unspecified atom stereocenters. The lowest BCUT2D eigenvalue weighted by molar-refractivity contribution is -0.136. The van der Waals surface area contributed by atoms with Gasteiger partial charge >= 0.3 is 0 Å². The summed E-state index contributed by atoms with van der Waals surface area (Å²) in [5.41, 5.74) is 2.75. The molecule has 0 saturated carbocycles. The van der Waals surface area contributed by atoms with Crippen LogP contribution in [0.3, 0.4) is 0 Å². The van der Waals surface area contributed by atoms with Crippen LogP contribution in [0.1, 0.15) is 26.2 Å². The van der Waals surface area contributed by atoms with Gasteiger partial charge in [-0.1, -0.05) is 42.8 Å². The standard InChI is InChI=1S/C27H32ClN5O2/c1-2-19-35-26-25(29-22-8-4-5-9-23(22)30-26)32-13-11-20(12-14-32)27(34)33-17-15-31(16-18-33)24-10-6-3-7-21(24)28/h3-10,20H,2,11-19H2,1H3. The third kappa shape index (κ3) is 5.15. The number of halogens is 1. The first-order chi connectivity index (χ1) is 17.1. The predicted molar refractivity (Wildman–Crippen MR) is 141 cm³/mol. The summed E-state index contributed by atoms with van der Waals surface area (Å²) >= 11 is 6.37. The third-order valence-electron chi connectivity index (χ3n) is 6.89. The van der Waals surface area contributed by atoms with E-state index in [0.717, 1.165) is 86.1 Å². The van der Waals surface area contributed by atoms with Crippen molar-refractivity contribution in [2.24, 2.45) is 5.92 Å². The van der Waals surface area contributed by atoms with Crippen LogP contribution in [0.5, 0.6) is 5.88 Å². The second kappa shape index (κ2) is 10.7. The van der Waals surface area contributed by atoms with E-state index in [1.807, 2.05) is 53.4 Å². The molecule has 0 N–H and O–H groups in total. The maximum absolute atomic E-state index is 13.3. The van der Waals surface area contributed by atoms with E-state index in [1.54, 1.807) is 0 Å². The fourth-order valence-electron chi connectivity index (χ4n) is 4.95. The van der Waals surface area contributed by atoms with Crippen LogP contribution < -0.4 is 14.5 Å². The number of anilines is 2. The Labute approximate surface area is 211 Å². The van der Waals surface area contributed by atoms with E-state index in [-0.39, 0.29) is 11.8 Å². The van der Waals surface area contributed by atoms with Crippen molar-refractivity contribution in [3.63, 3.8) is 0 Å². The van der Waals surface area contributed by atoms with E-state index >= 15 is 0 Å². The van der Waals surface area contributed by atoms with Crippen molar-refractivity contribution >= 4 is 40.0 Å². The first-order valence-electron chi connectivity index (χ1n) is 12.6. The minimum Gasteiger partial charge on any atom is -0.475 e. The number of piperidine rings is 1. The minimum atomic E-state index is 0.0477. The van der Waals surface area contributed by atoms with E-state index < -0.39 is 0 Å². The number of ether oxygens (including phenoxy) is 1. The molecule has 2 aromatic carbocycles. The average Bonchev–Trinajstić information content (AvgIpc) is 2.91. The van der Waals surface area contributed by atoms with E-state index in [2.05, 4.69) is 16.7 Å². The summed E-state index contributed by atoms with van der Waals surface area (Å²) < 4.78 is 5.97. The van der Waals surface area contributed by atoms with E-state index in [4.69, 9.17) is 26.3 Å². The smallest absolute Gasteiger partial charge is 0.258 e. The van der Waals surface area contributed by atoms with Crippen molar-refractivity contribution in [3.05, 3.63) is 53.6 Å². The number of benzene rings is 2. The van der Waals surface area contributed by atoms with Gasteiger partial charge in [0, 0.05) is 45.2 Å². The lowest BCUT2D eigenvalue weighted by atomic mass is 9.95. The maximum atomic E-state index is 13.3.